The summed E-state index contributed by atoms with van der Waals surface area (Å²) in [7, 11) is -0.247. The fourth-order valence-electron chi connectivity index (χ4n) is 3.83. The molecule has 146 valence electrons. The normalized spacial score (nSPS) is 25.2. The van der Waals surface area contributed by atoms with Gasteiger partial charge in [0.05, 0.1) is 18.0 Å². The van der Waals surface area contributed by atoms with Crippen LogP contribution in [0.4, 0.5) is 0 Å². The molecule has 0 unspecified atom stereocenters. The molecule has 1 aromatic rings. The van der Waals surface area contributed by atoms with E-state index in [9.17, 15) is 13.5 Å². The summed E-state index contributed by atoms with van der Waals surface area (Å²) < 4.78 is 31.7. The summed E-state index contributed by atoms with van der Waals surface area (Å²) in [6.45, 7) is 1.73. The van der Waals surface area contributed by atoms with Crippen molar-refractivity contribution in [3.8, 4) is 5.75 Å². The highest BCUT2D eigenvalue weighted by Crippen LogP contribution is 2.29. The van der Waals surface area contributed by atoms with Crippen molar-refractivity contribution >= 4 is 10.0 Å². The van der Waals surface area contributed by atoms with Gasteiger partial charge in [-0.25, -0.2) is 12.7 Å². The zero-order valence-electron chi connectivity index (χ0n) is 15.7. The van der Waals surface area contributed by atoms with Crippen molar-refractivity contribution in [2.45, 2.75) is 44.4 Å². The number of aliphatic hydroxyl groups excluding tert-OH is 1. The Balaban J connectivity index is 1.63. The molecule has 0 aromatic heterocycles. The first kappa shape index (κ1) is 19.6. The van der Waals surface area contributed by atoms with E-state index in [1.807, 2.05) is 18.2 Å². The molecule has 6 nitrogen and oxygen atoms in total. The third kappa shape index (κ3) is 4.76. The van der Waals surface area contributed by atoms with E-state index >= 15 is 0 Å². The molecule has 2 aliphatic rings. The lowest BCUT2D eigenvalue weighted by molar-refractivity contribution is 0.147. The molecule has 1 N–H and O–H groups in total. The van der Waals surface area contributed by atoms with Crippen LogP contribution in [0.15, 0.2) is 24.3 Å². The Morgan fingerprint density at radius 1 is 1.19 bits per heavy atom. The van der Waals surface area contributed by atoms with E-state index in [-0.39, 0.29) is 11.7 Å². The molecule has 1 saturated heterocycles. The molecule has 1 aromatic carbocycles. The number of hydrogen-bond donors (Lipinski definition) is 1. The number of sulfonamides is 1. The molecule has 0 spiro atoms. The fourth-order valence-corrected chi connectivity index (χ4v) is 5.00. The van der Waals surface area contributed by atoms with Gasteiger partial charge in [0.15, 0.2) is 0 Å². The van der Waals surface area contributed by atoms with E-state index in [0.717, 1.165) is 24.2 Å². The maximum atomic E-state index is 12.1. The van der Waals surface area contributed by atoms with Crippen molar-refractivity contribution in [2.75, 3.05) is 32.9 Å². The zero-order chi connectivity index (χ0) is 18.7. The van der Waals surface area contributed by atoms with E-state index in [1.165, 1.54) is 31.2 Å². The van der Waals surface area contributed by atoms with Crippen LogP contribution in [0, 0.1) is 5.92 Å². The van der Waals surface area contributed by atoms with Crippen LogP contribution in [0.25, 0.3) is 0 Å². The number of ether oxygens (including phenoxy) is 1. The molecule has 1 aliphatic carbocycles. The lowest BCUT2D eigenvalue weighted by Gasteiger charge is -2.21. The van der Waals surface area contributed by atoms with Gasteiger partial charge in [0.2, 0.25) is 10.0 Å². The minimum absolute atomic E-state index is 0.0160. The predicted octanol–water partition coefficient (Wildman–Crippen LogP) is 1.69. The number of benzene rings is 1. The number of nitrogens with zero attached hydrogens (tertiary/aromatic N) is 2. The van der Waals surface area contributed by atoms with E-state index in [0.29, 0.717) is 25.7 Å². The molecule has 26 heavy (non-hydrogen) atoms. The Morgan fingerprint density at radius 2 is 1.88 bits per heavy atom. The number of hydrogen-bond acceptors (Lipinski definition) is 5. The molecule has 7 heteroatoms. The minimum Gasteiger partial charge on any atom is -0.490 e. The Morgan fingerprint density at radius 3 is 2.58 bits per heavy atom. The average molecular weight is 383 g/mol. The van der Waals surface area contributed by atoms with Gasteiger partial charge in [-0.15, -0.1) is 0 Å². The fraction of sp³-hybridized carbons (Fsp3) is 0.684. The minimum atomic E-state index is -3.31. The summed E-state index contributed by atoms with van der Waals surface area (Å²) in [4.78, 5) is 2.12. The predicted molar refractivity (Wildman–Crippen MR) is 102 cm³/mol. The van der Waals surface area contributed by atoms with E-state index in [1.54, 1.807) is 0 Å². The first-order chi connectivity index (χ1) is 12.3. The highest BCUT2D eigenvalue weighted by molar-refractivity contribution is 7.89. The molecular formula is C19H30N2O4S. The molecule has 2 fully saturated rings. The molecular weight excluding hydrogens is 352 g/mol. The standard InChI is InChI=1S/C19H30N2O4S/c1-20(2)26(23,24)14-16-12-21(13-18(16)22)11-15-7-3-6-10-19(15)25-17-8-4-5-9-17/h3,6-7,10,16-18,22H,4-5,8-9,11-14H2,1-2H3/t16-,18+/m0/s1. The van der Waals surface area contributed by atoms with Crippen LogP contribution in [0.1, 0.15) is 31.2 Å². The van der Waals surface area contributed by atoms with Gasteiger partial charge in [-0.2, -0.15) is 0 Å². The maximum Gasteiger partial charge on any atom is 0.214 e. The summed E-state index contributed by atoms with van der Waals surface area (Å²) in [6.07, 6.45) is 4.37. The molecule has 1 heterocycles. The molecule has 3 rings (SSSR count). The molecule has 0 amide bonds. The maximum absolute atomic E-state index is 12.1. The number of β-amino-alcohol motifs (C(OH)–C–C–N with tert-alkyl or cyclic N) is 1. The second-order valence-electron chi connectivity index (χ2n) is 7.71. The summed E-state index contributed by atoms with van der Waals surface area (Å²) >= 11 is 0. The third-order valence-corrected chi connectivity index (χ3v) is 7.39. The van der Waals surface area contributed by atoms with E-state index in [4.69, 9.17) is 4.74 Å². The van der Waals surface area contributed by atoms with Gasteiger partial charge < -0.3 is 9.84 Å². The Hall–Kier alpha value is -1.15. The Bertz CT molecular complexity index is 701. The number of likely N-dealkylation sites (tertiary alicyclic amines) is 1. The van der Waals surface area contributed by atoms with Crippen LogP contribution >= 0.6 is 0 Å². The van der Waals surface area contributed by atoms with Gasteiger partial charge in [0.1, 0.15) is 5.75 Å². The second kappa shape index (κ2) is 8.25. The van der Waals surface area contributed by atoms with Crippen molar-refractivity contribution < 1.29 is 18.3 Å². The van der Waals surface area contributed by atoms with Crippen molar-refractivity contribution in [3.05, 3.63) is 29.8 Å². The van der Waals surface area contributed by atoms with E-state index < -0.39 is 16.1 Å². The number of rotatable bonds is 7. The quantitative estimate of drug-likeness (QED) is 0.777. The highest BCUT2D eigenvalue weighted by atomic mass is 32.2. The summed E-state index contributed by atoms with van der Waals surface area (Å²) in [5.74, 6) is 0.640. The topological polar surface area (TPSA) is 70.1 Å². The van der Waals surface area contributed by atoms with Crippen molar-refractivity contribution in [1.82, 2.24) is 9.21 Å². The van der Waals surface area contributed by atoms with E-state index in [2.05, 4.69) is 11.0 Å². The smallest absolute Gasteiger partial charge is 0.214 e. The summed E-state index contributed by atoms with van der Waals surface area (Å²) in [5.41, 5.74) is 1.10. The molecule has 1 aliphatic heterocycles. The summed E-state index contributed by atoms with van der Waals surface area (Å²) in [6, 6.07) is 8.05. The van der Waals surface area contributed by atoms with Crippen LogP contribution in [0.3, 0.4) is 0 Å². The molecule has 2 atom stereocenters. The largest absolute Gasteiger partial charge is 0.490 e. The monoisotopic (exact) mass is 382 g/mol. The number of para-hydroxylation sites is 1. The van der Waals surface area contributed by atoms with Crippen LogP contribution in [-0.4, -0.2) is 67.9 Å². The van der Waals surface area contributed by atoms with Gasteiger partial charge in [0, 0.05) is 45.2 Å². The average Bonchev–Trinajstić information content (AvgIpc) is 3.19. The first-order valence-corrected chi connectivity index (χ1v) is 11.0. The second-order valence-corrected chi connectivity index (χ2v) is 9.94. The lowest BCUT2D eigenvalue weighted by atomic mass is 10.1. The van der Waals surface area contributed by atoms with Crippen LogP contribution < -0.4 is 4.74 Å². The lowest BCUT2D eigenvalue weighted by Crippen LogP contribution is -2.33. The van der Waals surface area contributed by atoms with Crippen LogP contribution in [0.2, 0.25) is 0 Å². The molecule has 0 radical (unpaired) electrons. The van der Waals surface area contributed by atoms with Crippen molar-refractivity contribution in [1.29, 1.82) is 0 Å². The zero-order valence-corrected chi connectivity index (χ0v) is 16.5. The highest BCUT2D eigenvalue weighted by Gasteiger charge is 2.35. The SMILES string of the molecule is CN(C)S(=O)(=O)C[C@@H]1CN(Cc2ccccc2OC2CCCC2)C[C@H]1O. The summed E-state index contributed by atoms with van der Waals surface area (Å²) in [5, 5.41) is 10.3. The van der Waals surface area contributed by atoms with Crippen molar-refractivity contribution in [2.24, 2.45) is 5.92 Å². The number of aliphatic hydroxyl groups is 1. The van der Waals surface area contributed by atoms with Gasteiger partial charge in [-0.3, -0.25) is 4.90 Å². The van der Waals surface area contributed by atoms with Gasteiger partial charge >= 0.3 is 0 Å². The molecule has 1 saturated carbocycles. The van der Waals surface area contributed by atoms with Crippen LogP contribution in [0.5, 0.6) is 5.75 Å². The first-order valence-electron chi connectivity index (χ1n) is 9.40. The van der Waals surface area contributed by atoms with Crippen molar-refractivity contribution in [3.63, 3.8) is 0 Å². The third-order valence-electron chi connectivity index (χ3n) is 5.43. The van der Waals surface area contributed by atoms with Gasteiger partial charge in [-0.1, -0.05) is 18.2 Å². The Kier molecular flexibility index (Phi) is 6.22. The Labute approximate surface area is 156 Å². The van der Waals surface area contributed by atoms with Crippen LogP contribution in [-0.2, 0) is 16.6 Å². The van der Waals surface area contributed by atoms with Gasteiger partial charge in [-0.05, 0) is 31.7 Å². The molecule has 0 bridgehead atoms. The van der Waals surface area contributed by atoms with Gasteiger partial charge in [0.25, 0.3) is 0 Å².